The molecule has 0 aliphatic rings. The fourth-order valence-electron chi connectivity index (χ4n) is 1.63. The topological polar surface area (TPSA) is 70.4 Å². The first kappa shape index (κ1) is 17.4. The summed E-state index contributed by atoms with van der Waals surface area (Å²) in [4.78, 5) is 16.3. The van der Waals surface area contributed by atoms with Crippen molar-refractivity contribution in [1.82, 2.24) is 9.55 Å². The minimum Gasteiger partial charge on any atom is -0.305 e. The van der Waals surface area contributed by atoms with Crippen molar-refractivity contribution in [2.75, 3.05) is 13.2 Å². The summed E-state index contributed by atoms with van der Waals surface area (Å²) >= 11 is 5.93. The van der Waals surface area contributed by atoms with Crippen molar-refractivity contribution in [2.24, 2.45) is 0 Å². The third-order valence-corrected chi connectivity index (χ3v) is 4.63. The molecule has 0 saturated carbocycles. The number of halogens is 1. The molecule has 0 aliphatic carbocycles. The molecule has 1 rings (SSSR count). The van der Waals surface area contributed by atoms with E-state index in [1.807, 2.05) is 20.8 Å². The molecule has 1 aromatic rings. The molecule has 20 heavy (non-hydrogen) atoms. The molecule has 0 amide bonds. The van der Waals surface area contributed by atoms with Crippen LogP contribution >= 0.6 is 19.2 Å². The molecule has 0 N–H and O–H groups in total. The number of aromatic nitrogens is 2. The zero-order valence-electron chi connectivity index (χ0n) is 12.3. The lowest BCUT2D eigenvalue weighted by Gasteiger charge is -2.24. The van der Waals surface area contributed by atoms with Crippen LogP contribution in [0.5, 0.6) is 0 Å². The Morgan fingerprint density at radius 2 is 1.80 bits per heavy atom. The lowest BCUT2D eigenvalue weighted by molar-refractivity contribution is 0.228. The molecule has 0 radical (unpaired) electrons. The van der Waals surface area contributed by atoms with Gasteiger partial charge in [-0.05, 0) is 34.6 Å². The third-order valence-electron chi connectivity index (χ3n) is 2.44. The van der Waals surface area contributed by atoms with Crippen LogP contribution in [0.4, 0.5) is 0 Å². The Balaban J connectivity index is 3.56. The van der Waals surface area contributed by atoms with E-state index in [9.17, 15) is 9.36 Å². The van der Waals surface area contributed by atoms with Gasteiger partial charge in [-0.1, -0.05) is 11.6 Å². The maximum Gasteiger partial charge on any atom is 0.385 e. The van der Waals surface area contributed by atoms with Gasteiger partial charge in [-0.3, -0.25) is 9.36 Å². The molecular weight excluding hydrogens is 303 g/mol. The average molecular weight is 323 g/mol. The van der Waals surface area contributed by atoms with E-state index in [0.29, 0.717) is 0 Å². The van der Waals surface area contributed by atoms with Gasteiger partial charge in [-0.15, -0.1) is 0 Å². The maximum atomic E-state index is 12.7. The van der Waals surface area contributed by atoms with Gasteiger partial charge >= 0.3 is 7.60 Å². The highest BCUT2D eigenvalue weighted by Crippen LogP contribution is 2.45. The third kappa shape index (κ3) is 3.70. The summed E-state index contributed by atoms with van der Waals surface area (Å²) in [5.41, 5.74) is -1.32. The highest BCUT2D eigenvalue weighted by atomic mass is 35.5. The smallest absolute Gasteiger partial charge is 0.305 e. The maximum absolute atomic E-state index is 12.7. The Morgan fingerprint density at radius 1 is 1.30 bits per heavy atom. The van der Waals surface area contributed by atoms with Gasteiger partial charge in [-0.25, -0.2) is 4.98 Å². The van der Waals surface area contributed by atoms with Crippen molar-refractivity contribution in [2.45, 2.75) is 40.2 Å². The molecule has 6 nitrogen and oxygen atoms in total. The quantitative estimate of drug-likeness (QED) is 0.779. The molecule has 8 heteroatoms. The van der Waals surface area contributed by atoms with Crippen LogP contribution in [0.1, 0.15) is 34.6 Å². The fraction of sp³-hybridized carbons (Fsp3) is 0.667. The van der Waals surface area contributed by atoms with Crippen LogP contribution in [0.15, 0.2) is 11.0 Å². The highest BCUT2D eigenvalue weighted by Gasteiger charge is 2.34. The summed E-state index contributed by atoms with van der Waals surface area (Å²) < 4.78 is 24.4. The first-order valence-corrected chi connectivity index (χ1v) is 8.27. The zero-order chi connectivity index (χ0) is 15.6. The predicted molar refractivity (Wildman–Crippen MR) is 79.0 cm³/mol. The average Bonchev–Trinajstić information content (AvgIpc) is 2.30. The van der Waals surface area contributed by atoms with E-state index in [4.69, 9.17) is 20.6 Å². The van der Waals surface area contributed by atoms with Gasteiger partial charge in [0.2, 0.25) is 5.44 Å². The molecule has 0 fully saturated rings. The van der Waals surface area contributed by atoms with Crippen LogP contribution in [-0.4, -0.2) is 22.8 Å². The summed E-state index contributed by atoms with van der Waals surface area (Å²) in [6, 6.07) is 0. The van der Waals surface area contributed by atoms with E-state index < -0.39 is 18.7 Å². The van der Waals surface area contributed by atoms with E-state index in [-0.39, 0.29) is 23.8 Å². The standard InChI is InChI=1S/C12H20ClN2O4P/c1-6-18-20(17,19-7-2)10-11(16)15(12(3,4)5)8-9(13)14-10/h8H,6-7H2,1-5H3. The van der Waals surface area contributed by atoms with Gasteiger partial charge in [0.1, 0.15) is 5.15 Å². The Hall–Kier alpha value is -0.680. The molecule has 0 aromatic carbocycles. The zero-order valence-corrected chi connectivity index (χ0v) is 14.0. The molecule has 1 heterocycles. The monoisotopic (exact) mass is 322 g/mol. The summed E-state index contributed by atoms with van der Waals surface area (Å²) in [7, 11) is -3.76. The van der Waals surface area contributed by atoms with Crippen LogP contribution in [-0.2, 0) is 19.2 Å². The largest absolute Gasteiger partial charge is 0.385 e. The van der Waals surface area contributed by atoms with Gasteiger partial charge < -0.3 is 13.6 Å². The molecule has 0 bridgehead atoms. The second-order valence-corrected chi connectivity index (χ2v) is 7.39. The van der Waals surface area contributed by atoms with Crippen LogP contribution in [0, 0.1) is 0 Å². The first-order valence-electron chi connectivity index (χ1n) is 6.35. The van der Waals surface area contributed by atoms with Gasteiger partial charge in [0.05, 0.1) is 13.2 Å². The van der Waals surface area contributed by atoms with E-state index in [1.165, 1.54) is 10.8 Å². The van der Waals surface area contributed by atoms with Gasteiger partial charge in [0.15, 0.2) is 0 Å². The van der Waals surface area contributed by atoms with Crippen LogP contribution < -0.4 is 11.0 Å². The normalized spacial score (nSPS) is 12.7. The molecule has 0 saturated heterocycles. The van der Waals surface area contributed by atoms with Crippen molar-refractivity contribution in [3.63, 3.8) is 0 Å². The minimum absolute atomic E-state index is 0.0640. The van der Waals surface area contributed by atoms with Crippen molar-refractivity contribution in [3.8, 4) is 0 Å². The Labute approximate surface area is 123 Å². The molecule has 0 unspecified atom stereocenters. The first-order chi connectivity index (χ1) is 9.15. The Kier molecular flexibility index (Phi) is 5.55. The van der Waals surface area contributed by atoms with Gasteiger partial charge in [0.25, 0.3) is 5.56 Å². The van der Waals surface area contributed by atoms with Crippen molar-refractivity contribution >= 4 is 24.6 Å². The fourth-order valence-corrected chi connectivity index (χ4v) is 3.44. The van der Waals surface area contributed by atoms with E-state index in [2.05, 4.69) is 4.98 Å². The highest BCUT2D eigenvalue weighted by molar-refractivity contribution is 7.61. The van der Waals surface area contributed by atoms with E-state index in [0.717, 1.165) is 0 Å². The minimum atomic E-state index is -3.76. The molecule has 0 atom stereocenters. The number of hydrogen-bond donors (Lipinski definition) is 0. The molecule has 1 aromatic heterocycles. The lowest BCUT2D eigenvalue weighted by Crippen LogP contribution is -2.43. The molecule has 114 valence electrons. The second-order valence-electron chi connectivity index (χ2n) is 5.07. The van der Waals surface area contributed by atoms with E-state index >= 15 is 0 Å². The SMILES string of the molecule is CCOP(=O)(OCC)c1nc(Cl)cn(C(C)(C)C)c1=O. The Bertz CT molecular complexity index is 570. The summed E-state index contributed by atoms with van der Waals surface area (Å²) in [5, 5.41) is 0.0640. The number of nitrogens with zero attached hydrogens (tertiary/aromatic N) is 2. The van der Waals surface area contributed by atoms with Gasteiger partial charge in [-0.2, -0.15) is 0 Å². The van der Waals surface area contributed by atoms with Crippen LogP contribution in [0.3, 0.4) is 0 Å². The summed E-state index contributed by atoms with van der Waals surface area (Å²) in [6.45, 7) is 9.11. The second kappa shape index (κ2) is 6.39. The number of rotatable bonds is 5. The van der Waals surface area contributed by atoms with Crippen molar-refractivity contribution in [1.29, 1.82) is 0 Å². The Morgan fingerprint density at radius 3 is 2.20 bits per heavy atom. The number of hydrogen-bond acceptors (Lipinski definition) is 5. The summed E-state index contributed by atoms with van der Waals surface area (Å²) in [5.74, 6) is 0. The summed E-state index contributed by atoms with van der Waals surface area (Å²) in [6.07, 6.45) is 1.41. The molecular formula is C12H20ClN2O4P. The van der Waals surface area contributed by atoms with E-state index in [1.54, 1.807) is 13.8 Å². The van der Waals surface area contributed by atoms with Crippen LogP contribution in [0.25, 0.3) is 0 Å². The van der Waals surface area contributed by atoms with Crippen molar-refractivity contribution in [3.05, 3.63) is 21.7 Å². The molecule has 0 aliphatic heterocycles. The van der Waals surface area contributed by atoms with Crippen LogP contribution in [0.2, 0.25) is 5.15 Å². The van der Waals surface area contributed by atoms with Crippen molar-refractivity contribution < 1.29 is 13.6 Å². The predicted octanol–water partition coefficient (Wildman–Crippen LogP) is 2.54. The van der Waals surface area contributed by atoms with Gasteiger partial charge in [0, 0.05) is 11.7 Å². The lowest BCUT2D eigenvalue weighted by atomic mass is 10.1. The molecule has 0 spiro atoms.